The SMILES string of the molecule is CC1=CCC[C@@]2(C)[C@@H](CC[C@@]2(O)CN(C[C@H]2CCCO2)C(=O)[C@@]23CC[C@@](C)(C(=O)O2)C3(C)C)c2ccc(cc2C(=O)c2cccc(C(F)(F)F)c2)C[C@@H](O)CC1. The molecule has 0 radical (unpaired) electrons. The highest BCUT2D eigenvalue weighted by Crippen LogP contribution is 2.66. The number of amides is 1. The summed E-state index contributed by atoms with van der Waals surface area (Å²) in [6.07, 6.45) is 2.29. The smallest absolute Gasteiger partial charge is 0.416 e. The first-order valence-electron chi connectivity index (χ1n) is 20.3. The van der Waals surface area contributed by atoms with E-state index in [-0.39, 0.29) is 55.0 Å². The first-order chi connectivity index (χ1) is 26.2. The van der Waals surface area contributed by atoms with Gasteiger partial charge in [0.25, 0.3) is 5.91 Å². The van der Waals surface area contributed by atoms with Gasteiger partial charge in [-0.1, -0.05) is 56.7 Å². The molecule has 0 aromatic heterocycles. The second-order valence-corrected chi connectivity index (χ2v) is 18.3. The van der Waals surface area contributed by atoms with E-state index in [0.717, 1.165) is 30.5 Å². The third-order valence-corrected chi connectivity index (χ3v) is 15.0. The lowest BCUT2D eigenvalue weighted by molar-refractivity contribution is -0.178. The second-order valence-electron chi connectivity index (χ2n) is 18.3. The Morgan fingerprint density at radius 2 is 1.75 bits per heavy atom. The van der Waals surface area contributed by atoms with Crippen molar-refractivity contribution in [3.63, 3.8) is 0 Å². The number of carbonyl (C=O) groups excluding carboxylic acids is 3. The number of ether oxygens (including phenoxy) is 2. The summed E-state index contributed by atoms with van der Waals surface area (Å²) in [6.45, 7) is 10.5. The summed E-state index contributed by atoms with van der Waals surface area (Å²) in [6, 6.07) is 9.86. The Morgan fingerprint density at radius 3 is 2.41 bits per heavy atom. The van der Waals surface area contributed by atoms with E-state index in [1.54, 1.807) is 11.0 Å². The number of rotatable bonds is 7. The fourth-order valence-electron chi connectivity index (χ4n) is 10.7. The highest BCUT2D eigenvalue weighted by atomic mass is 19.4. The van der Waals surface area contributed by atoms with Gasteiger partial charge in [0, 0.05) is 35.1 Å². The molecule has 2 heterocycles. The molecule has 11 heteroatoms. The van der Waals surface area contributed by atoms with Crippen molar-refractivity contribution >= 4 is 17.7 Å². The molecule has 0 unspecified atom stereocenters. The number of nitrogens with zero attached hydrogens (tertiary/aromatic N) is 1. The monoisotopic (exact) mass is 779 g/mol. The van der Waals surface area contributed by atoms with Crippen LogP contribution in [0, 0.1) is 16.2 Å². The van der Waals surface area contributed by atoms with Crippen LogP contribution in [0.25, 0.3) is 0 Å². The van der Waals surface area contributed by atoms with E-state index in [1.807, 2.05) is 46.8 Å². The van der Waals surface area contributed by atoms with E-state index in [1.165, 1.54) is 12.1 Å². The molecule has 2 aromatic carbocycles. The van der Waals surface area contributed by atoms with E-state index < -0.39 is 57.0 Å². The topological polar surface area (TPSA) is 113 Å². The fraction of sp³-hybridized carbons (Fsp3) is 0.622. The number of benzene rings is 2. The Kier molecular flexibility index (Phi) is 10.4. The highest BCUT2D eigenvalue weighted by molar-refractivity contribution is 6.10. The quantitative estimate of drug-likeness (QED) is 0.166. The van der Waals surface area contributed by atoms with Crippen LogP contribution in [0.4, 0.5) is 13.2 Å². The molecule has 8 nitrogen and oxygen atoms in total. The van der Waals surface area contributed by atoms with Gasteiger partial charge >= 0.3 is 12.1 Å². The molecule has 2 aromatic rings. The maximum absolute atomic E-state index is 15.1. The van der Waals surface area contributed by atoms with Crippen LogP contribution in [-0.4, -0.2) is 75.9 Å². The van der Waals surface area contributed by atoms with Crippen molar-refractivity contribution in [3.05, 3.63) is 81.9 Å². The van der Waals surface area contributed by atoms with Crippen molar-refractivity contribution in [3.8, 4) is 0 Å². The van der Waals surface area contributed by atoms with Gasteiger partial charge in [0.15, 0.2) is 11.4 Å². The predicted octanol–water partition coefficient (Wildman–Crippen LogP) is 8.10. The minimum absolute atomic E-state index is 0.0470. The molecule has 2 N–H and O–H groups in total. The lowest BCUT2D eigenvalue weighted by Crippen LogP contribution is -2.61. The van der Waals surface area contributed by atoms with Gasteiger partial charge in [-0.05, 0) is 120 Å². The maximum atomic E-state index is 15.1. The Morgan fingerprint density at radius 1 is 0.982 bits per heavy atom. The average Bonchev–Trinajstić information content (AvgIpc) is 3.84. The largest absolute Gasteiger partial charge is 0.448 e. The molecule has 56 heavy (non-hydrogen) atoms. The van der Waals surface area contributed by atoms with Gasteiger partial charge in [0.1, 0.15) is 0 Å². The van der Waals surface area contributed by atoms with Crippen LogP contribution >= 0.6 is 0 Å². The molecule has 6 aliphatic rings. The van der Waals surface area contributed by atoms with Gasteiger partial charge in [-0.15, -0.1) is 0 Å². The number of carbonyl (C=O) groups is 3. The molecule has 2 aliphatic heterocycles. The summed E-state index contributed by atoms with van der Waals surface area (Å²) in [5.41, 5.74) is -3.75. The second kappa shape index (κ2) is 14.4. The van der Waals surface area contributed by atoms with Crippen molar-refractivity contribution in [1.29, 1.82) is 0 Å². The third kappa shape index (κ3) is 6.63. The number of ketones is 1. The highest BCUT2D eigenvalue weighted by Gasteiger charge is 2.76. The van der Waals surface area contributed by atoms with Gasteiger partial charge in [-0.3, -0.25) is 14.4 Å². The minimum atomic E-state index is -4.64. The summed E-state index contributed by atoms with van der Waals surface area (Å²) in [5, 5.41) is 24.2. The lowest BCUT2D eigenvalue weighted by atomic mass is 9.64. The molecule has 7 atom stereocenters. The van der Waals surface area contributed by atoms with E-state index in [2.05, 4.69) is 6.08 Å². The van der Waals surface area contributed by atoms with Crippen LogP contribution in [0.1, 0.15) is 137 Å². The van der Waals surface area contributed by atoms with Crippen molar-refractivity contribution < 1.29 is 47.2 Å². The fourth-order valence-corrected chi connectivity index (χ4v) is 10.7. The summed E-state index contributed by atoms with van der Waals surface area (Å²) in [7, 11) is 0. The first-order valence-corrected chi connectivity index (χ1v) is 20.3. The predicted molar refractivity (Wildman–Crippen MR) is 204 cm³/mol. The van der Waals surface area contributed by atoms with Crippen molar-refractivity contribution in [1.82, 2.24) is 4.90 Å². The van der Waals surface area contributed by atoms with Gasteiger partial charge in [-0.25, -0.2) is 0 Å². The number of aliphatic hydroxyl groups is 2. The Hall–Kier alpha value is -3.54. The molecule has 1 amide bonds. The van der Waals surface area contributed by atoms with Crippen molar-refractivity contribution in [2.24, 2.45) is 16.2 Å². The zero-order chi connectivity index (χ0) is 40.5. The first kappa shape index (κ1) is 40.6. The summed E-state index contributed by atoms with van der Waals surface area (Å²) in [5.74, 6) is -1.69. The summed E-state index contributed by atoms with van der Waals surface area (Å²) in [4.78, 5) is 44.5. The zero-order valence-electron chi connectivity index (χ0n) is 33.3. The van der Waals surface area contributed by atoms with Gasteiger partial charge in [-0.2, -0.15) is 13.2 Å². The lowest BCUT2D eigenvalue weighted by Gasteiger charge is -2.48. The number of fused-ring (bicyclic) bond motifs is 10. The Balaban J connectivity index is 1.31. The van der Waals surface area contributed by atoms with E-state index in [4.69, 9.17) is 9.47 Å². The summed E-state index contributed by atoms with van der Waals surface area (Å²) >= 11 is 0. The molecular formula is C45H56F3NO7. The average molecular weight is 780 g/mol. The molecule has 0 spiro atoms. The number of allylic oxidation sites excluding steroid dienone is 2. The number of alkyl halides is 3. The van der Waals surface area contributed by atoms with Gasteiger partial charge < -0.3 is 24.6 Å². The van der Waals surface area contributed by atoms with E-state index in [0.29, 0.717) is 62.7 Å². The standard InChI is InChI=1S/C45H56F3NO7/c1-28-9-7-18-41(4)36(34-16-14-29(23-32(50)15-13-28)24-35(34)37(51)30-10-6-11-31(25-30)45(46,47)48)17-19-43(41,54)27-49(26-33-12-8-22-55-33)38(52)44-21-20-42(5,39(53)56-44)40(44,2)3/h6,9-11,14,16,24-25,32-33,36,50,54H,7-8,12-13,15,17-23,26-27H2,1-5H3/t32-,33+,36-,41-,42-,43+,44+/m0/s1. The zero-order valence-corrected chi connectivity index (χ0v) is 33.3. The maximum Gasteiger partial charge on any atom is 0.416 e. The number of aliphatic hydroxyl groups excluding tert-OH is 1. The van der Waals surface area contributed by atoms with Crippen LogP contribution in [0.15, 0.2) is 54.1 Å². The normalized spacial score (nSPS) is 34.1. The van der Waals surface area contributed by atoms with Crippen LogP contribution in [-0.2, 0) is 31.7 Å². The summed E-state index contributed by atoms with van der Waals surface area (Å²) < 4.78 is 53.6. The molecule has 304 valence electrons. The van der Waals surface area contributed by atoms with Gasteiger partial charge in [0.05, 0.1) is 35.3 Å². The van der Waals surface area contributed by atoms with E-state index in [9.17, 15) is 33.0 Å². The minimum Gasteiger partial charge on any atom is -0.448 e. The third-order valence-electron chi connectivity index (χ3n) is 15.0. The molecule has 2 saturated heterocycles. The van der Waals surface area contributed by atoms with Crippen LogP contribution in [0.2, 0.25) is 0 Å². The molecule has 4 bridgehead atoms. The van der Waals surface area contributed by atoms with Gasteiger partial charge in [0.2, 0.25) is 0 Å². The number of hydrogen-bond acceptors (Lipinski definition) is 7. The van der Waals surface area contributed by atoms with Crippen LogP contribution in [0.5, 0.6) is 0 Å². The molecule has 4 fully saturated rings. The van der Waals surface area contributed by atoms with Crippen LogP contribution < -0.4 is 0 Å². The molecule has 4 aliphatic carbocycles. The molecule has 8 rings (SSSR count). The van der Waals surface area contributed by atoms with Crippen molar-refractivity contribution in [2.45, 2.75) is 141 Å². The van der Waals surface area contributed by atoms with Crippen LogP contribution in [0.3, 0.4) is 0 Å². The molecular weight excluding hydrogens is 723 g/mol. The number of hydrogen-bond donors (Lipinski definition) is 2. The van der Waals surface area contributed by atoms with E-state index >= 15 is 4.79 Å². The van der Waals surface area contributed by atoms with Crippen molar-refractivity contribution in [2.75, 3.05) is 19.7 Å². The number of esters is 1. The Bertz CT molecular complexity index is 1920. The molecule has 2 saturated carbocycles. The number of halogens is 3. The Labute approximate surface area is 327 Å².